The van der Waals surface area contributed by atoms with Gasteiger partial charge in [-0.15, -0.1) is 0 Å². The molecule has 2 atom stereocenters. The molecule has 1 amide bonds. The van der Waals surface area contributed by atoms with Crippen LogP contribution in [0.25, 0.3) is 10.2 Å². The maximum atomic E-state index is 12.5. The van der Waals surface area contributed by atoms with Crippen molar-refractivity contribution in [1.82, 2.24) is 15.2 Å². The van der Waals surface area contributed by atoms with Crippen LogP contribution in [0.4, 0.5) is 5.13 Å². The number of piperazine rings is 1. The number of likely N-dealkylation sites (tertiary alicyclic amines) is 1. The molecule has 0 radical (unpaired) electrons. The van der Waals surface area contributed by atoms with Crippen molar-refractivity contribution in [2.75, 3.05) is 18.4 Å². The summed E-state index contributed by atoms with van der Waals surface area (Å²) in [6, 6.07) is 17.2. The van der Waals surface area contributed by atoms with Gasteiger partial charge in [-0.3, -0.25) is 15.0 Å². The molecule has 0 aliphatic carbocycles. The van der Waals surface area contributed by atoms with Crippen molar-refractivity contribution >= 4 is 32.6 Å². The van der Waals surface area contributed by atoms with Gasteiger partial charge in [-0.05, 0) is 36.2 Å². The van der Waals surface area contributed by atoms with Gasteiger partial charge in [-0.2, -0.15) is 0 Å². The average Bonchev–Trinajstić information content (AvgIpc) is 3.36. The molecule has 2 N–H and O–H groups in total. The predicted molar refractivity (Wildman–Crippen MR) is 105 cm³/mol. The number of para-hydroxylation sites is 1. The van der Waals surface area contributed by atoms with Crippen LogP contribution in [-0.4, -0.2) is 41.0 Å². The fraction of sp³-hybridized carbons (Fsp3) is 0.300. The largest absolute Gasteiger partial charge is 0.311 e. The molecule has 2 fully saturated rings. The van der Waals surface area contributed by atoms with Crippen LogP contribution >= 0.6 is 11.3 Å². The first-order chi connectivity index (χ1) is 12.7. The summed E-state index contributed by atoms with van der Waals surface area (Å²) in [6.45, 7) is 3.19. The third-order valence-corrected chi connectivity index (χ3v) is 6.24. The Morgan fingerprint density at radius 3 is 2.81 bits per heavy atom. The second-order valence-electron chi connectivity index (χ2n) is 7.06. The van der Waals surface area contributed by atoms with Gasteiger partial charge in [0.25, 0.3) is 5.91 Å². The lowest BCUT2D eigenvalue weighted by atomic mass is 10.1. The molecule has 5 rings (SSSR count). The van der Waals surface area contributed by atoms with E-state index in [0.717, 1.165) is 29.9 Å². The molecule has 1 aromatic heterocycles. The van der Waals surface area contributed by atoms with E-state index in [9.17, 15) is 4.79 Å². The highest BCUT2D eigenvalue weighted by Gasteiger charge is 2.37. The number of nitrogens with zero attached hydrogens (tertiary/aromatic N) is 2. The summed E-state index contributed by atoms with van der Waals surface area (Å²) >= 11 is 1.50. The summed E-state index contributed by atoms with van der Waals surface area (Å²) in [5.74, 6) is -0.111. The Balaban J connectivity index is 1.25. The van der Waals surface area contributed by atoms with E-state index in [1.807, 2.05) is 36.4 Å². The number of fused-ring (bicyclic) bond motifs is 3. The number of thiazole rings is 1. The van der Waals surface area contributed by atoms with Gasteiger partial charge in [0.15, 0.2) is 5.13 Å². The zero-order valence-corrected chi connectivity index (χ0v) is 15.1. The number of anilines is 1. The third-order valence-electron chi connectivity index (χ3n) is 5.29. The molecular weight excluding hydrogens is 344 g/mol. The van der Waals surface area contributed by atoms with Crippen LogP contribution in [-0.2, 0) is 6.54 Å². The molecule has 2 bridgehead atoms. The SMILES string of the molecule is O=C(Nc1nc2ccccc2s1)c1ccc(CN2C[C@@H]3C[C@H]2CN3)cc1. The third kappa shape index (κ3) is 3.00. The summed E-state index contributed by atoms with van der Waals surface area (Å²) in [5.41, 5.74) is 2.84. The van der Waals surface area contributed by atoms with Crippen LogP contribution in [0.1, 0.15) is 22.3 Å². The maximum Gasteiger partial charge on any atom is 0.257 e. The van der Waals surface area contributed by atoms with E-state index in [1.165, 1.54) is 23.3 Å². The summed E-state index contributed by atoms with van der Waals surface area (Å²) in [4.78, 5) is 19.5. The van der Waals surface area contributed by atoms with E-state index in [4.69, 9.17) is 0 Å². The number of rotatable bonds is 4. The van der Waals surface area contributed by atoms with Gasteiger partial charge < -0.3 is 5.32 Å². The van der Waals surface area contributed by atoms with Crippen molar-refractivity contribution in [1.29, 1.82) is 0 Å². The van der Waals surface area contributed by atoms with Crippen molar-refractivity contribution in [3.63, 3.8) is 0 Å². The molecule has 26 heavy (non-hydrogen) atoms. The van der Waals surface area contributed by atoms with Gasteiger partial charge in [0.05, 0.1) is 10.2 Å². The summed E-state index contributed by atoms with van der Waals surface area (Å²) in [5, 5.41) is 7.08. The van der Waals surface area contributed by atoms with Crippen molar-refractivity contribution in [2.45, 2.75) is 25.0 Å². The van der Waals surface area contributed by atoms with Crippen molar-refractivity contribution in [2.24, 2.45) is 0 Å². The lowest BCUT2D eigenvalue weighted by Gasteiger charge is -2.27. The Labute approximate surface area is 156 Å². The van der Waals surface area contributed by atoms with Crippen LogP contribution < -0.4 is 10.6 Å². The molecule has 5 nitrogen and oxygen atoms in total. The molecule has 0 unspecified atom stereocenters. The molecule has 2 aliphatic heterocycles. The zero-order valence-electron chi connectivity index (χ0n) is 14.3. The molecule has 6 heteroatoms. The van der Waals surface area contributed by atoms with Crippen LogP contribution in [0.5, 0.6) is 0 Å². The molecular formula is C20H20N4OS. The number of nitrogens with one attached hydrogen (secondary N) is 2. The highest BCUT2D eigenvalue weighted by molar-refractivity contribution is 7.22. The molecule has 3 heterocycles. The monoisotopic (exact) mass is 364 g/mol. The van der Waals surface area contributed by atoms with E-state index in [1.54, 1.807) is 0 Å². The van der Waals surface area contributed by atoms with Gasteiger partial charge >= 0.3 is 0 Å². The van der Waals surface area contributed by atoms with Crippen molar-refractivity contribution in [3.8, 4) is 0 Å². The quantitative estimate of drug-likeness (QED) is 0.747. The van der Waals surface area contributed by atoms with Crippen LogP contribution in [0.2, 0.25) is 0 Å². The normalized spacial score (nSPS) is 22.2. The minimum Gasteiger partial charge on any atom is -0.311 e. The topological polar surface area (TPSA) is 57.3 Å². The van der Waals surface area contributed by atoms with E-state index in [0.29, 0.717) is 22.8 Å². The lowest BCUT2D eigenvalue weighted by Crippen LogP contribution is -2.42. The summed E-state index contributed by atoms with van der Waals surface area (Å²) in [7, 11) is 0. The Morgan fingerprint density at radius 2 is 2.08 bits per heavy atom. The Kier molecular flexibility index (Phi) is 3.96. The second-order valence-corrected chi connectivity index (χ2v) is 8.09. The molecule has 0 spiro atoms. The first-order valence-corrected chi connectivity index (χ1v) is 9.79. The highest BCUT2D eigenvalue weighted by atomic mass is 32.1. The molecule has 2 aromatic carbocycles. The van der Waals surface area contributed by atoms with Gasteiger partial charge in [-0.25, -0.2) is 4.98 Å². The minimum atomic E-state index is -0.111. The smallest absolute Gasteiger partial charge is 0.257 e. The Hall–Kier alpha value is -2.28. The van der Waals surface area contributed by atoms with E-state index in [2.05, 4.69) is 32.7 Å². The second kappa shape index (κ2) is 6.46. The standard InChI is InChI=1S/C20H20N4OS/c25-19(23-20-22-17-3-1-2-4-18(17)26-20)14-7-5-13(6-8-14)11-24-12-15-9-16(24)10-21-15/h1-8,15-16,21H,9-12H2,(H,22,23,25)/t15-,16-/m0/s1. The molecule has 3 aromatic rings. The Morgan fingerprint density at radius 1 is 1.23 bits per heavy atom. The maximum absolute atomic E-state index is 12.5. The van der Waals surface area contributed by atoms with Gasteiger partial charge in [-0.1, -0.05) is 35.6 Å². The fourth-order valence-electron chi connectivity index (χ4n) is 3.93. The highest BCUT2D eigenvalue weighted by Crippen LogP contribution is 2.27. The Bertz CT molecular complexity index is 919. The number of hydrogen-bond donors (Lipinski definition) is 2. The molecule has 2 saturated heterocycles. The number of benzene rings is 2. The number of carbonyl (C=O) groups is 1. The fourth-order valence-corrected chi connectivity index (χ4v) is 4.79. The van der Waals surface area contributed by atoms with Gasteiger partial charge in [0.1, 0.15) is 0 Å². The average molecular weight is 364 g/mol. The number of aromatic nitrogens is 1. The molecule has 0 saturated carbocycles. The lowest BCUT2D eigenvalue weighted by molar-refractivity contribution is 0.102. The van der Waals surface area contributed by atoms with Crippen LogP contribution in [0.15, 0.2) is 48.5 Å². The van der Waals surface area contributed by atoms with E-state index >= 15 is 0 Å². The summed E-state index contributed by atoms with van der Waals surface area (Å²) < 4.78 is 1.08. The van der Waals surface area contributed by atoms with Gasteiger partial charge in [0, 0.05) is 37.3 Å². The van der Waals surface area contributed by atoms with E-state index < -0.39 is 0 Å². The van der Waals surface area contributed by atoms with E-state index in [-0.39, 0.29) is 5.91 Å². The predicted octanol–water partition coefficient (Wildman–Crippen LogP) is 3.09. The zero-order chi connectivity index (χ0) is 17.5. The van der Waals surface area contributed by atoms with Crippen LogP contribution in [0.3, 0.4) is 0 Å². The number of amides is 1. The minimum absolute atomic E-state index is 0.111. The molecule has 2 aliphatic rings. The number of hydrogen-bond acceptors (Lipinski definition) is 5. The first kappa shape index (κ1) is 15.9. The van der Waals surface area contributed by atoms with Crippen molar-refractivity contribution in [3.05, 3.63) is 59.7 Å². The van der Waals surface area contributed by atoms with Crippen molar-refractivity contribution < 1.29 is 4.79 Å². The van der Waals surface area contributed by atoms with Crippen LogP contribution in [0, 0.1) is 0 Å². The number of carbonyl (C=O) groups excluding carboxylic acids is 1. The summed E-state index contributed by atoms with van der Waals surface area (Å²) in [6.07, 6.45) is 1.27. The first-order valence-electron chi connectivity index (χ1n) is 8.98. The molecule has 132 valence electrons. The van der Waals surface area contributed by atoms with Gasteiger partial charge in [0.2, 0.25) is 0 Å².